The van der Waals surface area contributed by atoms with Gasteiger partial charge in [0.2, 0.25) is 0 Å². The highest BCUT2D eigenvalue weighted by molar-refractivity contribution is 5.78. The summed E-state index contributed by atoms with van der Waals surface area (Å²) in [6.07, 6.45) is 4.36. The summed E-state index contributed by atoms with van der Waals surface area (Å²) in [4.78, 5) is 2.21. The molecule has 0 atom stereocenters. The lowest BCUT2D eigenvalue weighted by molar-refractivity contribution is 0.605. The van der Waals surface area contributed by atoms with E-state index < -0.39 is 0 Å². The van der Waals surface area contributed by atoms with Gasteiger partial charge in [0.05, 0.1) is 11.4 Å². The van der Waals surface area contributed by atoms with Crippen molar-refractivity contribution in [1.82, 2.24) is 0 Å². The highest BCUT2D eigenvalue weighted by Crippen LogP contribution is 2.35. The van der Waals surface area contributed by atoms with Crippen LogP contribution < -0.4 is 10.2 Å². The normalized spacial score (nSPS) is 10.7. The molecule has 130 valence electrons. The van der Waals surface area contributed by atoms with Crippen LogP contribution in [-0.2, 0) is 0 Å². The van der Waals surface area contributed by atoms with E-state index in [9.17, 15) is 4.39 Å². The van der Waals surface area contributed by atoms with Gasteiger partial charge in [-0.15, -0.1) is 0 Å². The molecule has 2 nitrogen and oxygen atoms in total. The number of anilines is 3. The van der Waals surface area contributed by atoms with E-state index in [1.165, 1.54) is 0 Å². The zero-order valence-corrected chi connectivity index (χ0v) is 15.1. The van der Waals surface area contributed by atoms with E-state index in [1.54, 1.807) is 6.07 Å². The van der Waals surface area contributed by atoms with Gasteiger partial charge in [-0.1, -0.05) is 51.0 Å². The highest BCUT2D eigenvalue weighted by atomic mass is 19.1. The third-order valence-corrected chi connectivity index (χ3v) is 4.26. The molecule has 0 heterocycles. The van der Waals surface area contributed by atoms with Crippen LogP contribution in [0.5, 0.6) is 0 Å². The van der Waals surface area contributed by atoms with Crippen molar-refractivity contribution in [3.05, 3.63) is 53.8 Å². The van der Waals surface area contributed by atoms with Crippen molar-refractivity contribution in [1.29, 1.82) is 0 Å². The number of para-hydroxylation sites is 1. The first-order valence-electron chi connectivity index (χ1n) is 9.03. The van der Waals surface area contributed by atoms with Gasteiger partial charge in [-0.3, -0.25) is 0 Å². The summed E-state index contributed by atoms with van der Waals surface area (Å²) in [5.74, 6) is -0.147. The van der Waals surface area contributed by atoms with Crippen LogP contribution in [0.1, 0.15) is 45.1 Å². The van der Waals surface area contributed by atoms with E-state index >= 15 is 0 Å². The van der Waals surface area contributed by atoms with E-state index in [2.05, 4.69) is 24.1 Å². The van der Waals surface area contributed by atoms with Crippen LogP contribution in [0.2, 0.25) is 0 Å². The number of nitrogens with zero attached hydrogens (tertiary/aromatic N) is 1. The van der Waals surface area contributed by atoms with E-state index in [-0.39, 0.29) is 5.82 Å². The molecule has 0 aliphatic carbocycles. The van der Waals surface area contributed by atoms with Crippen molar-refractivity contribution in [3.63, 3.8) is 0 Å². The van der Waals surface area contributed by atoms with Gasteiger partial charge in [0.25, 0.3) is 0 Å². The number of hydrogen-bond donors (Lipinski definition) is 1. The van der Waals surface area contributed by atoms with Gasteiger partial charge < -0.3 is 10.2 Å². The van der Waals surface area contributed by atoms with Crippen LogP contribution in [-0.4, -0.2) is 13.1 Å². The lowest BCUT2D eigenvalue weighted by atomic mass is 10.1. The Morgan fingerprint density at radius 2 is 1.54 bits per heavy atom. The molecule has 0 saturated carbocycles. The van der Waals surface area contributed by atoms with Crippen LogP contribution in [0, 0.1) is 12.7 Å². The molecule has 24 heavy (non-hydrogen) atoms. The van der Waals surface area contributed by atoms with E-state index in [0.29, 0.717) is 5.69 Å². The first kappa shape index (κ1) is 18.3. The zero-order chi connectivity index (χ0) is 17.4. The van der Waals surface area contributed by atoms with Crippen molar-refractivity contribution >= 4 is 17.1 Å². The predicted molar refractivity (Wildman–Crippen MR) is 103 cm³/mol. The molecule has 0 aliphatic heterocycles. The van der Waals surface area contributed by atoms with E-state index in [1.807, 2.05) is 43.3 Å². The largest absolute Gasteiger partial charge is 0.367 e. The Hall–Kier alpha value is -2.03. The second kappa shape index (κ2) is 9.31. The highest BCUT2D eigenvalue weighted by Gasteiger charge is 2.18. The van der Waals surface area contributed by atoms with Gasteiger partial charge in [-0.25, -0.2) is 4.39 Å². The Morgan fingerprint density at radius 1 is 0.917 bits per heavy atom. The molecule has 0 amide bonds. The molecule has 3 heteroatoms. The Labute approximate surface area is 145 Å². The topological polar surface area (TPSA) is 15.3 Å². The molecule has 0 spiro atoms. The third-order valence-electron chi connectivity index (χ3n) is 4.26. The minimum atomic E-state index is -0.147. The summed E-state index contributed by atoms with van der Waals surface area (Å²) in [5.41, 5.74) is 3.64. The quantitative estimate of drug-likeness (QED) is 0.582. The minimum absolute atomic E-state index is 0.147. The Balaban J connectivity index is 2.39. The Bertz CT molecular complexity index is 617. The van der Waals surface area contributed by atoms with Crippen LogP contribution >= 0.6 is 0 Å². The first-order valence-corrected chi connectivity index (χ1v) is 9.03. The van der Waals surface area contributed by atoms with Crippen LogP contribution in [0.25, 0.3) is 0 Å². The van der Waals surface area contributed by atoms with Gasteiger partial charge in [-0.05, 0) is 43.5 Å². The second-order valence-corrected chi connectivity index (χ2v) is 6.27. The van der Waals surface area contributed by atoms with Crippen molar-refractivity contribution in [2.75, 3.05) is 23.3 Å². The summed E-state index contributed by atoms with van der Waals surface area (Å²) in [7, 11) is 0. The maximum atomic E-state index is 14.8. The summed E-state index contributed by atoms with van der Waals surface area (Å²) in [6.45, 7) is 8.16. The molecule has 2 aromatic carbocycles. The van der Waals surface area contributed by atoms with Crippen LogP contribution in [0.4, 0.5) is 21.5 Å². The van der Waals surface area contributed by atoms with Crippen molar-refractivity contribution < 1.29 is 4.39 Å². The maximum Gasteiger partial charge on any atom is 0.148 e. The molecule has 2 rings (SSSR count). The van der Waals surface area contributed by atoms with E-state index in [4.69, 9.17) is 0 Å². The average molecular weight is 328 g/mol. The molecule has 0 fully saturated rings. The molecule has 0 aliphatic rings. The smallest absolute Gasteiger partial charge is 0.148 e. The second-order valence-electron chi connectivity index (χ2n) is 6.27. The maximum absolute atomic E-state index is 14.8. The monoisotopic (exact) mass is 328 g/mol. The predicted octanol–water partition coefficient (Wildman–Crippen LogP) is 6.28. The summed E-state index contributed by atoms with van der Waals surface area (Å²) >= 11 is 0. The zero-order valence-electron chi connectivity index (χ0n) is 15.1. The molecular formula is C21H29FN2. The Kier molecular flexibility index (Phi) is 7.10. The fourth-order valence-corrected chi connectivity index (χ4v) is 2.83. The number of aryl methyl sites for hydroxylation is 1. The third kappa shape index (κ3) is 4.73. The SMILES string of the molecule is CCCCN(CCCC)c1c(F)ccc(C)c1Nc1ccccc1. The molecular weight excluding hydrogens is 299 g/mol. The van der Waals surface area contributed by atoms with Crippen LogP contribution in [0.15, 0.2) is 42.5 Å². The van der Waals surface area contributed by atoms with Gasteiger partial charge in [0.15, 0.2) is 0 Å². The molecule has 0 unspecified atom stereocenters. The molecule has 0 radical (unpaired) electrons. The van der Waals surface area contributed by atoms with Gasteiger partial charge in [0.1, 0.15) is 5.82 Å². The number of halogens is 1. The fraction of sp³-hybridized carbons (Fsp3) is 0.429. The molecule has 0 bridgehead atoms. The number of nitrogens with one attached hydrogen (secondary N) is 1. The Morgan fingerprint density at radius 3 is 2.12 bits per heavy atom. The minimum Gasteiger partial charge on any atom is -0.367 e. The van der Waals surface area contributed by atoms with Crippen molar-refractivity contribution in [2.24, 2.45) is 0 Å². The van der Waals surface area contributed by atoms with E-state index in [0.717, 1.165) is 55.7 Å². The summed E-state index contributed by atoms with van der Waals surface area (Å²) in [5, 5.41) is 3.43. The number of rotatable bonds is 9. The van der Waals surface area contributed by atoms with Gasteiger partial charge >= 0.3 is 0 Å². The molecule has 0 saturated heterocycles. The first-order chi connectivity index (χ1) is 11.7. The molecule has 2 aromatic rings. The molecule has 1 N–H and O–H groups in total. The lowest BCUT2D eigenvalue weighted by Gasteiger charge is -2.29. The molecule has 0 aromatic heterocycles. The summed E-state index contributed by atoms with van der Waals surface area (Å²) in [6, 6.07) is 13.4. The van der Waals surface area contributed by atoms with Crippen LogP contribution in [0.3, 0.4) is 0 Å². The number of unbranched alkanes of at least 4 members (excludes halogenated alkanes) is 2. The standard InChI is InChI=1S/C21H29FN2/c1-4-6-15-24(16-7-5-2)21-19(22)14-13-17(3)20(21)23-18-11-9-8-10-12-18/h8-14,23H,4-7,15-16H2,1-3H3. The average Bonchev–Trinajstić information content (AvgIpc) is 2.60. The van der Waals surface area contributed by atoms with Gasteiger partial charge in [0, 0.05) is 18.8 Å². The fourth-order valence-electron chi connectivity index (χ4n) is 2.83. The number of benzene rings is 2. The number of hydrogen-bond acceptors (Lipinski definition) is 2. The lowest BCUT2D eigenvalue weighted by Crippen LogP contribution is -2.27. The summed E-state index contributed by atoms with van der Waals surface area (Å²) < 4.78 is 14.8. The van der Waals surface area contributed by atoms with Crippen molar-refractivity contribution in [2.45, 2.75) is 46.5 Å². The van der Waals surface area contributed by atoms with Gasteiger partial charge in [-0.2, -0.15) is 0 Å². The van der Waals surface area contributed by atoms with Crippen molar-refractivity contribution in [3.8, 4) is 0 Å².